The molecule has 0 bridgehead atoms. The van der Waals surface area contributed by atoms with E-state index in [1.807, 2.05) is 0 Å². The number of carbonyl (C=O) groups excluding carboxylic acids is 2. The summed E-state index contributed by atoms with van der Waals surface area (Å²) in [5, 5.41) is 3.37. The number of carbonyl (C=O) groups is 2. The van der Waals surface area contributed by atoms with Crippen LogP contribution in [0.15, 0.2) is 0 Å². The highest BCUT2D eigenvalue weighted by atomic mass is 16.2. The van der Waals surface area contributed by atoms with Crippen molar-refractivity contribution < 1.29 is 9.59 Å². The highest BCUT2D eigenvalue weighted by Crippen LogP contribution is 2.13. The van der Waals surface area contributed by atoms with E-state index >= 15 is 0 Å². The smallest absolute Gasteiger partial charge is 0.229 e. The Morgan fingerprint density at radius 2 is 2.00 bits per heavy atom. The summed E-state index contributed by atoms with van der Waals surface area (Å²) in [6.45, 7) is 6.70. The van der Waals surface area contributed by atoms with Crippen molar-refractivity contribution >= 4 is 11.8 Å². The van der Waals surface area contributed by atoms with Crippen molar-refractivity contribution in [3.05, 3.63) is 0 Å². The molecule has 18 heavy (non-hydrogen) atoms. The maximum atomic E-state index is 11.6. The maximum Gasteiger partial charge on any atom is 0.229 e. The van der Waals surface area contributed by atoms with Gasteiger partial charge in [0.1, 0.15) is 0 Å². The van der Waals surface area contributed by atoms with E-state index in [1.165, 1.54) is 11.3 Å². The Morgan fingerprint density at radius 3 is 2.56 bits per heavy atom. The molecule has 5 nitrogen and oxygen atoms in total. The number of likely N-dealkylation sites (tertiary alicyclic amines) is 1. The first-order chi connectivity index (χ1) is 8.72. The summed E-state index contributed by atoms with van der Waals surface area (Å²) in [4.78, 5) is 27.0. The third-order valence-corrected chi connectivity index (χ3v) is 3.83. The van der Waals surface area contributed by atoms with Gasteiger partial charge in [-0.25, -0.2) is 0 Å². The summed E-state index contributed by atoms with van der Waals surface area (Å²) in [5.74, 6) is 0.00184. The molecular weight excluding hydrogens is 230 g/mol. The molecule has 0 saturated carbocycles. The molecule has 0 spiro atoms. The van der Waals surface area contributed by atoms with E-state index in [0.29, 0.717) is 25.4 Å². The van der Waals surface area contributed by atoms with Crippen LogP contribution in [0, 0.1) is 0 Å². The zero-order chi connectivity index (χ0) is 13.0. The molecule has 2 heterocycles. The second kappa shape index (κ2) is 6.29. The first-order valence-electron chi connectivity index (χ1n) is 7.00. The second-order valence-electron chi connectivity index (χ2n) is 5.12. The topological polar surface area (TPSA) is 52.7 Å². The molecule has 5 heteroatoms. The van der Waals surface area contributed by atoms with Gasteiger partial charge in [0.2, 0.25) is 11.8 Å². The van der Waals surface area contributed by atoms with Crippen LogP contribution in [0.3, 0.4) is 0 Å². The van der Waals surface area contributed by atoms with Crippen LogP contribution in [0.25, 0.3) is 0 Å². The van der Waals surface area contributed by atoms with Gasteiger partial charge in [0, 0.05) is 38.5 Å². The summed E-state index contributed by atoms with van der Waals surface area (Å²) in [7, 11) is 0. The molecule has 1 unspecified atom stereocenters. The van der Waals surface area contributed by atoms with Crippen molar-refractivity contribution in [1.29, 1.82) is 0 Å². The van der Waals surface area contributed by atoms with E-state index in [1.54, 1.807) is 0 Å². The highest BCUT2D eigenvalue weighted by molar-refractivity contribution is 6.01. The van der Waals surface area contributed by atoms with Crippen LogP contribution in [0.2, 0.25) is 0 Å². The Balaban J connectivity index is 1.84. The Labute approximate surface area is 108 Å². The Bertz CT molecular complexity index is 297. The zero-order valence-electron chi connectivity index (χ0n) is 11.2. The monoisotopic (exact) mass is 253 g/mol. The molecule has 2 aliphatic heterocycles. The lowest BCUT2D eigenvalue weighted by molar-refractivity contribution is -0.138. The Hall–Kier alpha value is -0.940. The van der Waals surface area contributed by atoms with E-state index in [2.05, 4.69) is 17.1 Å². The van der Waals surface area contributed by atoms with Crippen molar-refractivity contribution in [2.75, 3.05) is 32.7 Å². The van der Waals surface area contributed by atoms with Gasteiger partial charge >= 0.3 is 0 Å². The van der Waals surface area contributed by atoms with Crippen molar-refractivity contribution in [1.82, 2.24) is 15.1 Å². The van der Waals surface area contributed by atoms with Crippen molar-refractivity contribution in [2.45, 2.75) is 38.6 Å². The molecular formula is C13H23N3O2. The average molecular weight is 253 g/mol. The Morgan fingerprint density at radius 1 is 1.28 bits per heavy atom. The number of hydrogen-bond donors (Lipinski definition) is 1. The van der Waals surface area contributed by atoms with Gasteiger partial charge in [-0.3, -0.25) is 19.4 Å². The lowest BCUT2D eigenvalue weighted by Gasteiger charge is -2.29. The van der Waals surface area contributed by atoms with E-state index in [0.717, 1.165) is 32.6 Å². The van der Waals surface area contributed by atoms with Crippen molar-refractivity contribution in [3.63, 3.8) is 0 Å². The number of imide groups is 1. The molecule has 0 aromatic rings. The lowest BCUT2D eigenvalue weighted by Crippen LogP contribution is -2.43. The summed E-state index contributed by atoms with van der Waals surface area (Å²) >= 11 is 0. The minimum Gasteiger partial charge on any atom is -0.315 e. The molecule has 1 N–H and O–H groups in total. The number of amides is 2. The fourth-order valence-electron chi connectivity index (χ4n) is 2.82. The van der Waals surface area contributed by atoms with Crippen LogP contribution in [0.4, 0.5) is 0 Å². The Kier molecular flexibility index (Phi) is 4.72. The largest absolute Gasteiger partial charge is 0.315 e. The van der Waals surface area contributed by atoms with Gasteiger partial charge in [0.25, 0.3) is 0 Å². The number of nitrogens with one attached hydrogen (secondary N) is 1. The van der Waals surface area contributed by atoms with Crippen LogP contribution in [-0.2, 0) is 9.59 Å². The summed E-state index contributed by atoms with van der Waals surface area (Å²) < 4.78 is 0. The van der Waals surface area contributed by atoms with Gasteiger partial charge in [-0.1, -0.05) is 6.92 Å². The second-order valence-corrected chi connectivity index (χ2v) is 5.12. The lowest BCUT2D eigenvalue weighted by atomic mass is 10.2. The predicted molar refractivity (Wildman–Crippen MR) is 69.1 cm³/mol. The first-order valence-corrected chi connectivity index (χ1v) is 7.00. The molecule has 2 saturated heterocycles. The quantitative estimate of drug-likeness (QED) is 0.688. The molecule has 2 fully saturated rings. The van der Waals surface area contributed by atoms with Gasteiger partial charge in [-0.15, -0.1) is 0 Å². The molecule has 2 amide bonds. The standard InChI is InChI=1S/C13H23N3O2/c1-2-7-15(11-5-6-14-10-11)8-9-16-12(17)3-4-13(16)18/h11,14H,2-10H2,1H3. The van der Waals surface area contributed by atoms with E-state index < -0.39 is 0 Å². The minimum absolute atomic E-state index is 0.000922. The number of hydrogen-bond acceptors (Lipinski definition) is 4. The van der Waals surface area contributed by atoms with Crippen molar-refractivity contribution in [3.8, 4) is 0 Å². The van der Waals surface area contributed by atoms with E-state index in [4.69, 9.17) is 0 Å². The van der Waals surface area contributed by atoms with Crippen LogP contribution in [0.5, 0.6) is 0 Å². The summed E-state index contributed by atoms with van der Waals surface area (Å²) in [6, 6.07) is 0.567. The number of rotatable bonds is 6. The molecule has 1 atom stereocenters. The first kappa shape index (κ1) is 13.5. The summed E-state index contributed by atoms with van der Waals surface area (Å²) in [6.07, 6.45) is 3.08. The van der Waals surface area contributed by atoms with Gasteiger partial charge in [0.05, 0.1) is 0 Å². The third kappa shape index (κ3) is 3.09. The van der Waals surface area contributed by atoms with Gasteiger partial charge < -0.3 is 5.32 Å². The molecule has 0 aromatic carbocycles. The molecule has 2 rings (SSSR count). The third-order valence-electron chi connectivity index (χ3n) is 3.83. The van der Waals surface area contributed by atoms with Crippen LogP contribution in [-0.4, -0.2) is 60.4 Å². The molecule has 0 aliphatic carbocycles. The molecule has 2 aliphatic rings. The van der Waals surface area contributed by atoms with Crippen LogP contribution in [0.1, 0.15) is 32.6 Å². The zero-order valence-corrected chi connectivity index (χ0v) is 11.2. The van der Waals surface area contributed by atoms with Crippen LogP contribution >= 0.6 is 0 Å². The summed E-state index contributed by atoms with van der Waals surface area (Å²) in [5.41, 5.74) is 0. The minimum atomic E-state index is 0.000922. The normalized spacial score (nSPS) is 24.6. The molecule has 102 valence electrons. The van der Waals surface area contributed by atoms with E-state index in [9.17, 15) is 9.59 Å². The van der Waals surface area contributed by atoms with Crippen LogP contribution < -0.4 is 5.32 Å². The van der Waals surface area contributed by atoms with Gasteiger partial charge in [-0.2, -0.15) is 0 Å². The fraction of sp³-hybridized carbons (Fsp3) is 0.846. The highest BCUT2D eigenvalue weighted by Gasteiger charge is 2.30. The van der Waals surface area contributed by atoms with Gasteiger partial charge in [0.15, 0.2) is 0 Å². The molecule has 0 radical (unpaired) electrons. The predicted octanol–water partition coefficient (Wildman–Crippen LogP) is 0.209. The SMILES string of the molecule is CCCN(CCN1C(=O)CCC1=O)C1CCNC1. The van der Waals surface area contributed by atoms with Gasteiger partial charge in [-0.05, 0) is 25.9 Å². The van der Waals surface area contributed by atoms with E-state index in [-0.39, 0.29) is 11.8 Å². The fourth-order valence-corrected chi connectivity index (χ4v) is 2.82. The maximum absolute atomic E-state index is 11.6. The average Bonchev–Trinajstić information content (AvgIpc) is 2.97. The number of nitrogens with zero attached hydrogens (tertiary/aromatic N) is 2. The van der Waals surface area contributed by atoms with Crippen molar-refractivity contribution in [2.24, 2.45) is 0 Å². The molecule has 0 aromatic heterocycles.